The average Bonchev–Trinajstić information content (AvgIpc) is 1.63. The predicted octanol–water partition coefficient (Wildman–Crippen LogP) is -0.922. The van der Waals surface area contributed by atoms with Crippen molar-refractivity contribution in [3.8, 4) is 0 Å². The highest BCUT2D eigenvalue weighted by atomic mass is 32.2. The van der Waals surface area contributed by atoms with Crippen molar-refractivity contribution in [1.82, 2.24) is 4.72 Å². The predicted molar refractivity (Wildman–Crippen MR) is 34.0 cm³/mol. The molecule has 1 atom stereocenters. The van der Waals surface area contributed by atoms with Gasteiger partial charge in [-0.25, -0.2) is 8.42 Å². The zero-order chi connectivity index (χ0) is 7.49. The summed E-state index contributed by atoms with van der Waals surface area (Å²) in [4.78, 5) is 0. The molecular weight excluding hydrogens is 142 g/mol. The van der Waals surface area contributed by atoms with E-state index in [2.05, 4.69) is 6.92 Å². The standard InChI is InChI=1S/C4H10NO3S/c1-3-9(7,8)5-4(2)6/h4-6H,2-3H2,1H3. The molecule has 0 aliphatic carbocycles. The van der Waals surface area contributed by atoms with Gasteiger partial charge in [-0.2, -0.15) is 4.72 Å². The van der Waals surface area contributed by atoms with Crippen molar-refractivity contribution in [3.05, 3.63) is 6.92 Å². The molecule has 0 heterocycles. The van der Waals surface area contributed by atoms with E-state index in [9.17, 15) is 8.42 Å². The zero-order valence-corrected chi connectivity index (χ0v) is 5.98. The first kappa shape index (κ1) is 8.87. The Labute approximate surface area is 54.9 Å². The van der Waals surface area contributed by atoms with Crippen molar-refractivity contribution in [2.75, 3.05) is 5.75 Å². The number of aliphatic hydroxyl groups is 1. The SMILES string of the molecule is [CH2]C(O)NS(=O)(=O)CC. The highest BCUT2D eigenvalue weighted by molar-refractivity contribution is 7.89. The Morgan fingerprint density at radius 1 is 1.78 bits per heavy atom. The first-order valence-electron chi connectivity index (χ1n) is 2.49. The fraction of sp³-hybridized carbons (Fsp3) is 0.750. The van der Waals surface area contributed by atoms with Gasteiger partial charge in [0.25, 0.3) is 0 Å². The second-order valence-corrected chi connectivity index (χ2v) is 3.58. The molecule has 9 heavy (non-hydrogen) atoms. The van der Waals surface area contributed by atoms with Crippen LogP contribution in [0.1, 0.15) is 6.92 Å². The van der Waals surface area contributed by atoms with Crippen molar-refractivity contribution >= 4 is 10.0 Å². The fourth-order valence-corrected chi connectivity index (χ4v) is 0.872. The lowest BCUT2D eigenvalue weighted by Crippen LogP contribution is -2.33. The van der Waals surface area contributed by atoms with Crippen molar-refractivity contribution in [2.45, 2.75) is 13.2 Å². The van der Waals surface area contributed by atoms with Gasteiger partial charge >= 0.3 is 0 Å². The van der Waals surface area contributed by atoms with Crippen LogP contribution < -0.4 is 4.72 Å². The third-order valence-electron chi connectivity index (χ3n) is 0.696. The summed E-state index contributed by atoms with van der Waals surface area (Å²) in [6, 6.07) is 0. The molecule has 4 nitrogen and oxygen atoms in total. The third kappa shape index (κ3) is 4.38. The summed E-state index contributed by atoms with van der Waals surface area (Å²) in [5.41, 5.74) is 0. The van der Waals surface area contributed by atoms with Crippen LogP contribution in [0.2, 0.25) is 0 Å². The summed E-state index contributed by atoms with van der Waals surface area (Å²) >= 11 is 0. The molecule has 0 bridgehead atoms. The summed E-state index contributed by atoms with van der Waals surface area (Å²) in [5, 5.41) is 8.42. The van der Waals surface area contributed by atoms with Gasteiger partial charge in [0.1, 0.15) is 6.23 Å². The van der Waals surface area contributed by atoms with E-state index >= 15 is 0 Å². The molecule has 1 radical (unpaired) electrons. The fourth-order valence-electron chi connectivity index (χ4n) is 0.291. The maximum atomic E-state index is 10.5. The molecule has 0 aromatic heterocycles. The van der Waals surface area contributed by atoms with Crippen LogP contribution in [0.25, 0.3) is 0 Å². The first-order valence-corrected chi connectivity index (χ1v) is 4.14. The average molecular weight is 152 g/mol. The van der Waals surface area contributed by atoms with Crippen LogP contribution in [-0.4, -0.2) is 25.5 Å². The van der Waals surface area contributed by atoms with Gasteiger partial charge < -0.3 is 5.11 Å². The number of sulfonamides is 1. The van der Waals surface area contributed by atoms with Gasteiger partial charge in [0.05, 0.1) is 5.75 Å². The Bertz CT molecular complexity index is 161. The van der Waals surface area contributed by atoms with E-state index in [1.165, 1.54) is 6.92 Å². The summed E-state index contributed by atoms with van der Waals surface area (Å²) in [7, 11) is -3.28. The van der Waals surface area contributed by atoms with Crippen molar-refractivity contribution < 1.29 is 13.5 Å². The Morgan fingerprint density at radius 2 is 2.22 bits per heavy atom. The third-order valence-corrected chi connectivity index (χ3v) is 2.09. The summed E-state index contributed by atoms with van der Waals surface area (Å²) < 4.78 is 22.9. The van der Waals surface area contributed by atoms with E-state index in [0.717, 1.165) is 0 Å². The van der Waals surface area contributed by atoms with Gasteiger partial charge in [0.15, 0.2) is 0 Å². The maximum Gasteiger partial charge on any atom is 0.213 e. The smallest absolute Gasteiger partial charge is 0.213 e. The largest absolute Gasteiger partial charge is 0.378 e. The second kappa shape index (κ2) is 3.14. The molecule has 0 aromatic rings. The molecule has 0 amide bonds. The van der Waals surface area contributed by atoms with E-state index in [1.807, 2.05) is 4.72 Å². The Kier molecular flexibility index (Phi) is 3.10. The topological polar surface area (TPSA) is 66.4 Å². The molecule has 0 fully saturated rings. The Hall–Kier alpha value is -0.130. The molecule has 0 spiro atoms. The van der Waals surface area contributed by atoms with Crippen molar-refractivity contribution in [1.29, 1.82) is 0 Å². The molecule has 0 saturated heterocycles. The number of nitrogens with one attached hydrogen (secondary N) is 1. The molecule has 0 aromatic carbocycles. The van der Waals surface area contributed by atoms with E-state index in [0.29, 0.717) is 0 Å². The summed E-state index contributed by atoms with van der Waals surface area (Å²) in [5.74, 6) is -0.0421. The summed E-state index contributed by atoms with van der Waals surface area (Å²) in [6.45, 7) is 4.51. The van der Waals surface area contributed by atoms with E-state index in [4.69, 9.17) is 5.11 Å². The van der Waals surface area contributed by atoms with Gasteiger partial charge in [-0.05, 0) is 13.8 Å². The van der Waals surface area contributed by atoms with Gasteiger partial charge in [-0.3, -0.25) is 0 Å². The van der Waals surface area contributed by atoms with E-state index < -0.39 is 16.3 Å². The number of hydrogen-bond acceptors (Lipinski definition) is 3. The van der Waals surface area contributed by atoms with Gasteiger partial charge in [-0.1, -0.05) is 0 Å². The Balaban J connectivity index is 3.90. The molecule has 2 N–H and O–H groups in total. The maximum absolute atomic E-state index is 10.5. The molecule has 0 aliphatic heterocycles. The molecule has 0 rings (SSSR count). The normalized spacial score (nSPS) is 15.4. The second-order valence-electron chi connectivity index (χ2n) is 1.54. The van der Waals surface area contributed by atoms with Crippen LogP contribution >= 0.6 is 0 Å². The lowest BCUT2D eigenvalue weighted by atomic mass is 10.7. The van der Waals surface area contributed by atoms with Crippen LogP contribution in [0.5, 0.6) is 0 Å². The van der Waals surface area contributed by atoms with Crippen LogP contribution in [-0.2, 0) is 10.0 Å². The van der Waals surface area contributed by atoms with E-state index in [-0.39, 0.29) is 5.75 Å². The van der Waals surface area contributed by atoms with Gasteiger partial charge in [0, 0.05) is 0 Å². The van der Waals surface area contributed by atoms with Crippen LogP contribution in [0.15, 0.2) is 0 Å². The monoisotopic (exact) mass is 152 g/mol. The van der Waals surface area contributed by atoms with Crippen molar-refractivity contribution in [2.24, 2.45) is 0 Å². The molecular formula is C4H10NO3S. The molecule has 55 valence electrons. The number of rotatable bonds is 3. The zero-order valence-electron chi connectivity index (χ0n) is 5.16. The molecule has 5 heteroatoms. The minimum atomic E-state index is -3.28. The quantitative estimate of drug-likeness (QED) is 0.514. The van der Waals surface area contributed by atoms with Crippen LogP contribution in [0, 0.1) is 6.92 Å². The van der Waals surface area contributed by atoms with Crippen LogP contribution in [0.4, 0.5) is 0 Å². The lowest BCUT2D eigenvalue weighted by molar-refractivity contribution is 0.209. The summed E-state index contributed by atoms with van der Waals surface area (Å²) in [6.07, 6.45) is -1.24. The lowest BCUT2D eigenvalue weighted by Gasteiger charge is -2.04. The minimum absolute atomic E-state index is 0.0421. The van der Waals surface area contributed by atoms with Gasteiger partial charge in [0.2, 0.25) is 10.0 Å². The first-order chi connectivity index (χ1) is 3.98. The van der Waals surface area contributed by atoms with E-state index in [1.54, 1.807) is 0 Å². The van der Waals surface area contributed by atoms with Crippen LogP contribution in [0.3, 0.4) is 0 Å². The number of hydrogen-bond donors (Lipinski definition) is 2. The molecule has 0 saturated carbocycles. The Morgan fingerprint density at radius 3 is 2.33 bits per heavy atom. The van der Waals surface area contributed by atoms with Crippen molar-refractivity contribution in [3.63, 3.8) is 0 Å². The molecule has 0 aliphatic rings. The highest BCUT2D eigenvalue weighted by Gasteiger charge is 2.07. The number of aliphatic hydroxyl groups excluding tert-OH is 1. The highest BCUT2D eigenvalue weighted by Crippen LogP contribution is 1.83. The molecule has 1 unspecified atom stereocenters. The minimum Gasteiger partial charge on any atom is -0.378 e. The van der Waals surface area contributed by atoms with Gasteiger partial charge in [-0.15, -0.1) is 0 Å².